The fourth-order valence-electron chi connectivity index (χ4n) is 4.64. The normalized spacial score (nSPS) is 14.6. The van der Waals surface area contributed by atoms with E-state index in [1.165, 1.54) is 0 Å². The second-order valence-corrected chi connectivity index (χ2v) is 8.96. The van der Waals surface area contributed by atoms with E-state index < -0.39 is 0 Å². The summed E-state index contributed by atoms with van der Waals surface area (Å²) < 4.78 is 27.9. The van der Waals surface area contributed by atoms with Crippen LogP contribution in [0.15, 0.2) is 58.5 Å². The number of furan rings is 1. The van der Waals surface area contributed by atoms with E-state index in [2.05, 4.69) is 6.08 Å². The number of ether oxygens (including phenoxy) is 4. The van der Waals surface area contributed by atoms with Crippen LogP contribution in [0.5, 0.6) is 23.0 Å². The van der Waals surface area contributed by atoms with E-state index in [9.17, 15) is 4.79 Å². The number of fused-ring (bicyclic) bond motifs is 1. The van der Waals surface area contributed by atoms with Crippen molar-refractivity contribution in [2.45, 2.75) is 32.7 Å². The van der Waals surface area contributed by atoms with E-state index in [1.807, 2.05) is 55.1 Å². The van der Waals surface area contributed by atoms with Crippen molar-refractivity contribution < 1.29 is 28.2 Å². The summed E-state index contributed by atoms with van der Waals surface area (Å²) in [7, 11) is 6.50. The molecule has 0 spiro atoms. The van der Waals surface area contributed by atoms with Crippen LogP contribution in [0.25, 0.3) is 0 Å². The number of benzene rings is 2. The van der Waals surface area contributed by atoms with Gasteiger partial charge in [-0.2, -0.15) is 0 Å². The molecule has 0 saturated carbocycles. The van der Waals surface area contributed by atoms with Gasteiger partial charge in [0.25, 0.3) is 5.91 Å². The van der Waals surface area contributed by atoms with Gasteiger partial charge in [0.1, 0.15) is 17.3 Å². The fourth-order valence-corrected chi connectivity index (χ4v) is 4.64. The molecule has 0 bridgehead atoms. The molecule has 0 aliphatic carbocycles. The fraction of sp³-hybridized carbons (Fsp3) is 0.345. The Morgan fingerprint density at radius 1 is 0.944 bits per heavy atom. The van der Waals surface area contributed by atoms with Crippen LogP contribution in [0.3, 0.4) is 0 Å². The lowest BCUT2D eigenvalue weighted by atomic mass is 9.90. The second kappa shape index (κ2) is 10.8. The minimum atomic E-state index is -0.238. The van der Waals surface area contributed by atoms with Crippen LogP contribution in [0.1, 0.15) is 52.9 Å². The summed E-state index contributed by atoms with van der Waals surface area (Å²) in [5.41, 5.74) is 4.21. The average Bonchev–Trinajstić information content (AvgIpc) is 3.35. The molecule has 1 aliphatic heterocycles. The van der Waals surface area contributed by atoms with Gasteiger partial charge in [-0.05, 0) is 73.9 Å². The molecule has 190 valence electrons. The summed E-state index contributed by atoms with van der Waals surface area (Å²) in [5, 5.41) is 0. The van der Waals surface area contributed by atoms with Gasteiger partial charge in [-0.3, -0.25) is 4.79 Å². The van der Waals surface area contributed by atoms with Crippen molar-refractivity contribution in [3.8, 4) is 23.0 Å². The van der Waals surface area contributed by atoms with Crippen LogP contribution in [-0.2, 0) is 12.8 Å². The molecule has 3 aromatic rings. The van der Waals surface area contributed by atoms with Crippen molar-refractivity contribution in [1.82, 2.24) is 4.90 Å². The van der Waals surface area contributed by atoms with Gasteiger partial charge in [0, 0.05) is 18.5 Å². The van der Waals surface area contributed by atoms with Crippen molar-refractivity contribution in [1.29, 1.82) is 0 Å². The molecule has 1 aliphatic rings. The van der Waals surface area contributed by atoms with Crippen molar-refractivity contribution in [2.75, 3.05) is 35.0 Å². The Kier molecular flexibility index (Phi) is 7.58. The topological polar surface area (TPSA) is 70.4 Å². The second-order valence-electron chi connectivity index (χ2n) is 8.96. The maximum atomic E-state index is 13.7. The Morgan fingerprint density at radius 3 is 2.33 bits per heavy atom. The Balaban J connectivity index is 1.63. The van der Waals surface area contributed by atoms with Gasteiger partial charge in [-0.25, -0.2) is 0 Å². The van der Waals surface area contributed by atoms with Gasteiger partial charge < -0.3 is 28.3 Å². The molecular formula is C29H33NO6. The first-order valence-corrected chi connectivity index (χ1v) is 11.9. The lowest BCUT2D eigenvalue weighted by Gasteiger charge is -2.36. The summed E-state index contributed by atoms with van der Waals surface area (Å²) >= 11 is 0. The van der Waals surface area contributed by atoms with Crippen LogP contribution in [0.4, 0.5) is 0 Å². The SMILES string of the molecule is COc1ccc(OC)c(Cc2ccc(C(=O)N3CCc4cc(OC)c(OC)cc4C3C=C(C)C)o2)c1. The maximum Gasteiger partial charge on any atom is 0.290 e. The minimum absolute atomic E-state index is 0.151. The summed E-state index contributed by atoms with van der Waals surface area (Å²) in [5.74, 6) is 3.64. The molecular weight excluding hydrogens is 458 g/mol. The molecule has 2 heterocycles. The molecule has 7 nitrogen and oxygen atoms in total. The first-order chi connectivity index (χ1) is 17.4. The van der Waals surface area contributed by atoms with E-state index >= 15 is 0 Å². The van der Waals surface area contributed by atoms with E-state index in [0.717, 1.165) is 33.8 Å². The van der Waals surface area contributed by atoms with Crippen LogP contribution in [0.2, 0.25) is 0 Å². The number of allylic oxidation sites excluding steroid dienone is 1. The first-order valence-electron chi connectivity index (χ1n) is 11.9. The molecule has 0 fully saturated rings. The van der Waals surface area contributed by atoms with Crippen LogP contribution in [0, 0.1) is 0 Å². The van der Waals surface area contributed by atoms with E-state index in [-0.39, 0.29) is 11.9 Å². The standard InChI is InChI=1S/C29H33NO6/c1-18(2)13-24-23-17-28(35-6)27(34-5)16-19(23)11-12-30(24)29(31)26-10-8-22(36-26)15-20-14-21(32-3)7-9-25(20)33-4/h7-10,13-14,16-17,24H,11-12,15H2,1-6H3. The summed E-state index contributed by atoms with van der Waals surface area (Å²) in [4.78, 5) is 15.5. The number of carbonyl (C=O) groups excluding carboxylic acids is 1. The molecule has 36 heavy (non-hydrogen) atoms. The van der Waals surface area contributed by atoms with Gasteiger partial charge in [0.05, 0.1) is 34.5 Å². The highest BCUT2D eigenvalue weighted by molar-refractivity contribution is 5.92. The number of rotatable bonds is 8. The molecule has 2 aromatic carbocycles. The zero-order valence-electron chi connectivity index (χ0n) is 21.7. The van der Waals surface area contributed by atoms with Crippen molar-refractivity contribution >= 4 is 5.91 Å². The number of nitrogens with zero attached hydrogens (tertiary/aromatic N) is 1. The monoisotopic (exact) mass is 491 g/mol. The molecule has 1 aromatic heterocycles. The number of amides is 1. The molecule has 0 radical (unpaired) electrons. The van der Waals surface area contributed by atoms with Crippen molar-refractivity contribution in [2.24, 2.45) is 0 Å². The average molecular weight is 492 g/mol. The van der Waals surface area contributed by atoms with Crippen LogP contribution < -0.4 is 18.9 Å². The Labute approximate surface area is 212 Å². The lowest BCUT2D eigenvalue weighted by Crippen LogP contribution is -2.39. The predicted octanol–water partition coefficient (Wildman–Crippen LogP) is 5.61. The van der Waals surface area contributed by atoms with Gasteiger partial charge >= 0.3 is 0 Å². The number of methoxy groups -OCH3 is 4. The quantitative estimate of drug-likeness (QED) is 0.382. The molecule has 4 rings (SSSR count). The van der Waals surface area contributed by atoms with Crippen molar-refractivity contribution in [3.63, 3.8) is 0 Å². The van der Waals surface area contributed by atoms with Crippen LogP contribution >= 0.6 is 0 Å². The van der Waals surface area contributed by atoms with Gasteiger partial charge in [0.2, 0.25) is 0 Å². The largest absolute Gasteiger partial charge is 0.497 e. The Hall–Kier alpha value is -3.87. The third kappa shape index (κ3) is 5.05. The molecule has 0 N–H and O–H groups in total. The van der Waals surface area contributed by atoms with Crippen LogP contribution in [-0.4, -0.2) is 45.8 Å². The van der Waals surface area contributed by atoms with E-state index in [4.69, 9.17) is 23.4 Å². The third-order valence-corrected chi connectivity index (χ3v) is 6.40. The van der Waals surface area contributed by atoms with Crippen molar-refractivity contribution in [3.05, 3.63) is 82.3 Å². The molecule has 1 amide bonds. The highest BCUT2D eigenvalue weighted by Gasteiger charge is 2.32. The summed E-state index contributed by atoms with van der Waals surface area (Å²) in [6.45, 7) is 4.63. The highest BCUT2D eigenvalue weighted by atomic mass is 16.5. The van der Waals surface area contributed by atoms with E-state index in [0.29, 0.717) is 42.4 Å². The first kappa shape index (κ1) is 25.2. The lowest BCUT2D eigenvalue weighted by molar-refractivity contribution is 0.0665. The zero-order chi connectivity index (χ0) is 25.8. The maximum absolute atomic E-state index is 13.7. The zero-order valence-corrected chi connectivity index (χ0v) is 21.7. The van der Waals surface area contributed by atoms with Gasteiger partial charge in [-0.1, -0.05) is 11.6 Å². The molecule has 7 heteroatoms. The van der Waals surface area contributed by atoms with E-state index in [1.54, 1.807) is 34.5 Å². The molecule has 1 unspecified atom stereocenters. The van der Waals surface area contributed by atoms with Gasteiger partial charge in [0.15, 0.2) is 17.3 Å². The molecule has 1 atom stereocenters. The summed E-state index contributed by atoms with van der Waals surface area (Å²) in [6, 6.07) is 13.0. The van der Waals surface area contributed by atoms with Gasteiger partial charge in [-0.15, -0.1) is 0 Å². The molecule has 0 saturated heterocycles. The Morgan fingerprint density at radius 2 is 1.67 bits per heavy atom. The third-order valence-electron chi connectivity index (χ3n) is 6.40. The predicted molar refractivity (Wildman–Crippen MR) is 138 cm³/mol. The number of carbonyl (C=O) groups is 1. The summed E-state index contributed by atoms with van der Waals surface area (Å²) in [6.07, 6.45) is 3.29. The smallest absolute Gasteiger partial charge is 0.290 e. The minimum Gasteiger partial charge on any atom is -0.497 e. The number of hydrogen-bond donors (Lipinski definition) is 0. The highest BCUT2D eigenvalue weighted by Crippen LogP contribution is 2.40. The number of hydrogen-bond acceptors (Lipinski definition) is 6. The Bertz CT molecular complexity index is 1270.